The van der Waals surface area contributed by atoms with Crippen LogP contribution in [0.2, 0.25) is 0 Å². The molecule has 58 valence electrons. The number of hydrogen-bond acceptors (Lipinski definition) is 2. The van der Waals surface area contributed by atoms with Gasteiger partial charge in [0.1, 0.15) is 0 Å². The van der Waals surface area contributed by atoms with Crippen molar-refractivity contribution in [1.82, 2.24) is 10.3 Å². The quantitative estimate of drug-likeness (QED) is 0.657. The topological polar surface area (TPSA) is 24.9 Å². The molecule has 0 saturated heterocycles. The summed E-state index contributed by atoms with van der Waals surface area (Å²) in [6.07, 6.45) is 3.62. The molecule has 1 atom stereocenters. The Labute approximate surface area is 67.0 Å². The van der Waals surface area contributed by atoms with Crippen LogP contribution in [0.15, 0.2) is 37.1 Å². The summed E-state index contributed by atoms with van der Waals surface area (Å²) in [6, 6.07) is 6.01. The Kier molecular flexibility index (Phi) is 2.81. The van der Waals surface area contributed by atoms with Crippen LogP contribution in [-0.2, 0) is 0 Å². The molecule has 11 heavy (non-hydrogen) atoms. The van der Waals surface area contributed by atoms with E-state index in [1.165, 1.54) is 0 Å². The van der Waals surface area contributed by atoms with Crippen molar-refractivity contribution in [2.45, 2.75) is 6.04 Å². The Bertz CT molecular complexity index is 218. The van der Waals surface area contributed by atoms with Crippen molar-refractivity contribution in [2.75, 3.05) is 7.05 Å². The van der Waals surface area contributed by atoms with E-state index < -0.39 is 0 Å². The summed E-state index contributed by atoms with van der Waals surface area (Å²) in [7, 11) is 1.89. The minimum Gasteiger partial charge on any atom is -0.309 e. The predicted octanol–water partition coefficient (Wildman–Crippen LogP) is 1.53. The molecule has 1 unspecified atom stereocenters. The Balaban J connectivity index is 2.82. The van der Waals surface area contributed by atoms with Gasteiger partial charge in [0.25, 0.3) is 0 Å². The Hall–Kier alpha value is -1.15. The van der Waals surface area contributed by atoms with E-state index in [9.17, 15) is 0 Å². The van der Waals surface area contributed by atoms with Crippen molar-refractivity contribution >= 4 is 0 Å². The van der Waals surface area contributed by atoms with E-state index in [2.05, 4.69) is 16.9 Å². The van der Waals surface area contributed by atoms with Crippen LogP contribution in [0.5, 0.6) is 0 Å². The molecular formula is C9H12N2. The number of rotatable bonds is 3. The fraction of sp³-hybridized carbons (Fsp3) is 0.222. The van der Waals surface area contributed by atoms with Gasteiger partial charge < -0.3 is 5.32 Å². The highest BCUT2D eigenvalue weighted by Gasteiger charge is 2.02. The normalized spacial score (nSPS) is 12.5. The van der Waals surface area contributed by atoms with Crippen LogP contribution >= 0.6 is 0 Å². The lowest BCUT2D eigenvalue weighted by molar-refractivity contribution is 0.694. The molecule has 1 aromatic rings. The zero-order valence-corrected chi connectivity index (χ0v) is 6.62. The Morgan fingerprint density at radius 1 is 1.64 bits per heavy atom. The van der Waals surface area contributed by atoms with Gasteiger partial charge in [-0.05, 0) is 19.2 Å². The third-order valence-electron chi connectivity index (χ3n) is 1.55. The molecule has 0 aliphatic rings. The minimum absolute atomic E-state index is 0.163. The first-order chi connectivity index (χ1) is 5.38. The minimum atomic E-state index is 0.163. The van der Waals surface area contributed by atoms with E-state index in [4.69, 9.17) is 0 Å². The number of likely N-dealkylation sites (N-methyl/N-ethyl adjacent to an activating group) is 1. The summed E-state index contributed by atoms with van der Waals surface area (Å²) >= 11 is 0. The summed E-state index contributed by atoms with van der Waals surface area (Å²) in [6.45, 7) is 3.71. The van der Waals surface area contributed by atoms with Gasteiger partial charge in [0, 0.05) is 6.20 Å². The van der Waals surface area contributed by atoms with Gasteiger partial charge in [-0.15, -0.1) is 6.58 Å². The molecule has 1 N–H and O–H groups in total. The number of pyridine rings is 1. The summed E-state index contributed by atoms with van der Waals surface area (Å²) in [5.74, 6) is 0. The maximum atomic E-state index is 4.19. The Morgan fingerprint density at radius 3 is 2.91 bits per heavy atom. The molecule has 0 aliphatic heterocycles. The molecule has 0 saturated carbocycles. The number of hydrogen-bond donors (Lipinski definition) is 1. The predicted molar refractivity (Wildman–Crippen MR) is 46.2 cm³/mol. The molecule has 0 aliphatic carbocycles. The van der Waals surface area contributed by atoms with Crippen molar-refractivity contribution in [3.05, 3.63) is 42.7 Å². The van der Waals surface area contributed by atoms with Gasteiger partial charge in [0.05, 0.1) is 11.7 Å². The standard InChI is InChI=1S/C9H12N2/c1-3-8(10-2)9-6-4-5-7-11-9/h3-8,10H,1H2,2H3. The van der Waals surface area contributed by atoms with Gasteiger partial charge in [0.2, 0.25) is 0 Å². The second-order valence-electron chi connectivity index (χ2n) is 2.26. The summed E-state index contributed by atoms with van der Waals surface area (Å²) < 4.78 is 0. The third-order valence-corrected chi connectivity index (χ3v) is 1.55. The molecule has 0 fully saturated rings. The van der Waals surface area contributed by atoms with Gasteiger partial charge in [-0.1, -0.05) is 12.1 Å². The first kappa shape index (κ1) is 7.95. The molecule has 2 heteroatoms. The highest BCUT2D eigenvalue weighted by Crippen LogP contribution is 2.08. The molecule has 0 amide bonds. The number of nitrogens with one attached hydrogen (secondary N) is 1. The fourth-order valence-electron chi connectivity index (χ4n) is 0.946. The van der Waals surface area contributed by atoms with E-state index in [0.29, 0.717) is 0 Å². The van der Waals surface area contributed by atoms with Crippen molar-refractivity contribution < 1.29 is 0 Å². The van der Waals surface area contributed by atoms with Gasteiger partial charge in [0.15, 0.2) is 0 Å². The van der Waals surface area contributed by atoms with Crippen LogP contribution in [-0.4, -0.2) is 12.0 Å². The summed E-state index contributed by atoms with van der Waals surface area (Å²) in [4.78, 5) is 4.19. The first-order valence-corrected chi connectivity index (χ1v) is 3.59. The van der Waals surface area contributed by atoms with Gasteiger partial charge >= 0.3 is 0 Å². The summed E-state index contributed by atoms with van der Waals surface area (Å²) in [5, 5.41) is 3.09. The van der Waals surface area contributed by atoms with E-state index in [1.807, 2.05) is 31.3 Å². The van der Waals surface area contributed by atoms with Crippen LogP contribution in [0.1, 0.15) is 11.7 Å². The number of aromatic nitrogens is 1. The smallest absolute Gasteiger partial charge is 0.0676 e. The van der Waals surface area contributed by atoms with Crippen molar-refractivity contribution in [3.8, 4) is 0 Å². The molecule has 0 aromatic carbocycles. The van der Waals surface area contributed by atoms with Crippen molar-refractivity contribution in [3.63, 3.8) is 0 Å². The molecule has 1 heterocycles. The monoisotopic (exact) mass is 148 g/mol. The molecule has 0 spiro atoms. The lowest BCUT2D eigenvalue weighted by atomic mass is 10.2. The van der Waals surface area contributed by atoms with Crippen LogP contribution in [0.25, 0.3) is 0 Å². The third kappa shape index (κ3) is 1.88. The SMILES string of the molecule is C=CC(NC)c1ccccn1. The first-order valence-electron chi connectivity index (χ1n) is 3.59. The molecule has 2 nitrogen and oxygen atoms in total. The van der Waals surface area contributed by atoms with Crippen LogP contribution in [0.4, 0.5) is 0 Å². The van der Waals surface area contributed by atoms with Gasteiger partial charge in [-0.3, -0.25) is 4.98 Å². The highest BCUT2D eigenvalue weighted by atomic mass is 14.9. The molecule has 0 bridgehead atoms. The lowest BCUT2D eigenvalue weighted by Crippen LogP contribution is -2.14. The zero-order chi connectivity index (χ0) is 8.10. The average molecular weight is 148 g/mol. The number of nitrogens with zero attached hydrogens (tertiary/aromatic N) is 1. The summed E-state index contributed by atoms with van der Waals surface area (Å²) in [5.41, 5.74) is 1.00. The largest absolute Gasteiger partial charge is 0.309 e. The van der Waals surface area contributed by atoms with Gasteiger partial charge in [-0.25, -0.2) is 0 Å². The molecular weight excluding hydrogens is 136 g/mol. The van der Waals surface area contributed by atoms with Gasteiger partial charge in [-0.2, -0.15) is 0 Å². The average Bonchev–Trinajstić information content (AvgIpc) is 2.09. The molecule has 1 aromatic heterocycles. The van der Waals surface area contributed by atoms with Crippen LogP contribution < -0.4 is 5.32 Å². The molecule has 1 rings (SSSR count). The second-order valence-corrected chi connectivity index (χ2v) is 2.26. The molecule has 0 radical (unpaired) electrons. The fourth-order valence-corrected chi connectivity index (χ4v) is 0.946. The lowest BCUT2D eigenvalue weighted by Gasteiger charge is -2.08. The van der Waals surface area contributed by atoms with Crippen molar-refractivity contribution in [2.24, 2.45) is 0 Å². The Morgan fingerprint density at radius 2 is 2.45 bits per heavy atom. The van der Waals surface area contributed by atoms with E-state index >= 15 is 0 Å². The van der Waals surface area contributed by atoms with Crippen LogP contribution in [0.3, 0.4) is 0 Å². The maximum absolute atomic E-state index is 4.19. The van der Waals surface area contributed by atoms with E-state index in [-0.39, 0.29) is 6.04 Å². The van der Waals surface area contributed by atoms with Crippen LogP contribution in [0, 0.1) is 0 Å². The van der Waals surface area contributed by atoms with E-state index in [0.717, 1.165) is 5.69 Å². The second kappa shape index (κ2) is 3.88. The van der Waals surface area contributed by atoms with E-state index in [1.54, 1.807) is 6.20 Å². The maximum Gasteiger partial charge on any atom is 0.0676 e. The highest BCUT2D eigenvalue weighted by molar-refractivity contribution is 5.12. The zero-order valence-electron chi connectivity index (χ0n) is 6.62. The van der Waals surface area contributed by atoms with Crippen molar-refractivity contribution in [1.29, 1.82) is 0 Å².